The topological polar surface area (TPSA) is 66.5 Å². The molecule has 1 N–H and O–H groups in total. The minimum atomic E-state index is -4.53. The zero-order valence-corrected chi connectivity index (χ0v) is 19.2. The van der Waals surface area contributed by atoms with Crippen LogP contribution >= 0.6 is 11.6 Å². The predicted molar refractivity (Wildman–Crippen MR) is 113 cm³/mol. The van der Waals surface area contributed by atoms with Crippen molar-refractivity contribution in [2.24, 2.45) is 11.8 Å². The van der Waals surface area contributed by atoms with E-state index in [2.05, 4.69) is 5.32 Å². The highest BCUT2D eigenvalue weighted by atomic mass is 35.5. The smallest absolute Gasteiger partial charge is 0.349 e. The van der Waals surface area contributed by atoms with E-state index < -0.39 is 27.7 Å². The average Bonchev–Trinajstić information content (AvgIpc) is 3.43. The molecule has 0 aromatic heterocycles. The van der Waals surface area contributed by atoms with E-state index in [1.165, 1.54) is 4.31 Å². The lowest BCUT2D eigenvalue weighted by atomic mass is 9.74. The van der Waals surface area contributed by atoms with E-state index >= 15 is 0 Å². The van der Waals surface area contributed by atoms with Crippen molar-refractivity contribution in [2.45, 2.75) is 63.7 Å². The number of hydrogen-bond acceptors (Lipinski definition) is 3. The fourth-order valence-electron chi connectivity index (χ4n) is 4.09. The number of amides is 1. The molecule has 1 aromatic rings. The van der Waals surface area contributed by atoms with E-state index in [9.17, 15) is 26.4 Å². The van der Waals surface area contributed by atoms with Crippen LogP contribution in [0.3, 0.4) is 0 Å². The number of carbonyl (C=O) groups excluding carboxylic acids is 1. The third kappa shape index (κ3) is 5.93. The molecule has 0 spiro atoms. The fraction of sp³-hybridized carbons (Fsp3) is 0.667. The fourth-order valence-corrected chi connectivity index (χ4v) is 5.78. The summed E-state index contributed by atoms with van der Waals surface area (Å²) in [7, 11) is -1.68. The van der Waals surface area contributed by atoms with Gasteiger partial charge in [-0.25, -0.2) is 12.7 Å². The zero-order chi connectivity index (χ0) is 23.0. The maximum Gasteiger partial charge on any atom is 0.416 e. The molecule has 1 aromatic carbocycles. The standard InChI is InChI=1S/C21H28ClF3N2O3S/c1-3-8-31(29,30)27(2)16-10-14(11-16)19(9-13-4-5-13)26-20(28)17-7-6-15(12-18(17)22)21(23,24)25/h6-7,12-14,16,19H,3-5,8-11H2,1-2H3,(H,26,28). The van der Waals surface area contributed by atoms with E-state index in [-0.39, 0.29) is 34.3 Å². The van der Waals surface area contributed by atoms with Gasteiger partial charge in [-0.2, -0.15) is 13.2 Å². The molecule has 5 nitrogen and oxygen atoms in total. The van der Waals surface area contributed by atoms with Crippen LogP contribution in [0.2, 0.25) is 5.02 Å². The third-order valence-electron chi connectivity index (χ3n) is 6.28. The first-order chi connectivity index (χ1) is 14.4. The normalized spacial score (nSPS) is 22.8. The van der Waals surface area contributed by atoms with Crippen LogP contribution < -0.4 is 5.32 Å². The molecular formula is C21H28ClF3N2O3S. The Labute approximate surface area is 186 Å². The Morgan fingerprint density at radius 2 is 1.94 bits per heavy atom. The van der Waals surface area contributed by atoms with Crippen molar-refractivity contribution in [3.63, 3.8) is 0 Å². The molecule has 10 heteroatoms. The Bertz CT molecular complexity index is 913. The van der Waals surface area contributed by atoms with Crippen molar-refractivity contribution >= 4 is 27.5 Å². The SMILES string of the molecule is CCCS(=O)(=O)N(C)C1CC(C(CC2CC2)NC(=O)c2ccc(C(F)(F)F)cc2Cl)C1. The molecule has 2 fully saturated rings. The zero-order valence-electron chi connectivity index (χ0n) is 17.6. The van der Waals surface area contributed by atoms with Crippen LogP contribution in [-0.2, 0) is 16.2 Å². The Morgan fingerprint density at radius 1 is 1.29 bits per heavy atom. The van der Waals surface area contributed by atoms with E-state index in [4.69, 9.17) is 11.6 Å². The second kappa shape index (κ2) is 9.27. The summed E-state index contributed by atoms with van der Waals surface area (Å²) in [5.41, 5.74) is -0.893. The Morgan fingerprint density at radius 3 is 2.45 bits per heavy atom. The number of benzene rings is 1. The van der Waals surface area contributed by atoms with Gasteiger partial charge in [-0.1, -0.05) is 31.4 Å². The summed E-state index contributed by atoms with van der Waals surface area (Å²) in [6.07, 6.45) is 0.292. The predicted octanol–water partition coefficient (Wildman–Crippen LogP) is 4.71. The van der Waals surface area contributed by atoms with Crippen molar-refractivity contribution in [1.29, 1.82) is 0 Å². The van der Waals surface area contributed by atoms with Gasteiger partial charge in [-0.3, -0.25) is 4.79 Å². The lowest BCUT2D eigenvalue weighted by Crippen LogP contribution is -2.53. The lowest BCUT2D eigenvalue weighted by Gasteiger charge is -2.44. The van der Waals surface area contributed by atoms with Gasteiger partial charge >= 0.3 is 6.18 Å². The van der Waals surface area contributed by atoms with Gasteiger partial charge in [0, 0.05) is 19.1 Å². The average molecular weight is 481 g/mol. The molecule has 1 atom stereocenters. The Balaban J connectivity index is 1.66. The maximum absolute atomic E-state index is 12.8. The highest BCUT2D eigenvalue weighted by Crippen LogP contribution is 2.41. The number of alkyl halides is 3. The Hall–Kier alpha value is -1.32. The molecule has 0 saturated heterocycles. The maximum atomic E-state index is 12.8. The number of rotatable bonds is 9. The first-order valence-corrected chi connectivity index (χ1v) is 12.5. The summed E-state index contributed by atoms with van der Waals surface area (Å²) in [6, 6.07) is 2.47. The van der Waals surface area contributed by atoms with Crippen molar-refractivity contribution in [3.05, 3.63) is 34.3 Å². The molecule has 2 aliphatic rings. The molecule has 1 unspecified atom stereocenters. The van der Waals surface area contributed by atoms with Crippen LogP contribution in [0.15, 0.2) is 18.2 Å². The number of halogens is 4. The molecule has 2 saturated carbocycles. The summed E-state index contributed by atoms with van der Waals surface area (Å²) in [4.78, 5) is 12.8. The molecule has 31 heavy (non-hydrogen) atoms. The highest BCUT2D eigenvalue weighted by molar-refractivity contribution is 7.89. The quantitative estimate of drug-likeness (QED) is 0.556. The molecule has 0 heterocycles. The van der Waals surface area contributed by atoms with Gasteiger partial charge in [0.15, 0.2) is 0 Å². The number of nitrogens with zero attached hydrogens (tertiary/aromatic N) is 1. The summed E-state index contributed by atoms with van der Waals surface area (Å²) < 4.78 is 64.6. The second-order valence-electron chi connectivity index (χ2n) is 8.67. The number of hydrogen-bond donors (Lipinski definition) is 1. The molecule has 174 valence electrons. The molecule has 1 amide bonds. The van der Waals surface area contributed by atoms with Crippen LogP contribution in [0, 0.1) is 11.8 Å². The van der Waals surface area contributed by atoms with Gasteiger partial charge in [0.05, 0.1) is 21.9 Å². The third-order valence-corrected chi connectivity index (χ3v) is 8.69. The summed E-state index contributed by atoms with van der Waals surface area (Å²) in [5, 5.41) is 2.72. The van der Waals surface area contributed by atoms with Crippen molar-refractivity contribution < 1.29 is 26.4 Å². The Kier molecular flexibility index (Phi) is 7.28. The van der Waals surface area contributed by atoms with Gasteiger partial charge in [0.1, 0.15) is 0 Å². The van der Waals surface area contributed by atoms with Gasteiger partial charge < -0.3 is 5.32 Å². The van der Waals surface area contributed by atoms with Crippen LogP contribution in [0.25, 0.3) is 0 Å². The van der Waals surface area contributed by atoms with Gasteiger partial charge in [-0.05, 0) is 55.7 Å². The molecule has 0 aliphatic heterocycles. The van der Waals surface area contributed by atoms with E-state index in [1.54, 1.807) is 7.05 Å². The highest BCUT2D eigenvalue weighted by Gasteiger charge is 2.42. The van der Waals surface area contributed by atoms with Crippen molar-refractivity contribution in [3.8, 4) is 0 Å². The number of sulfonamides is 1. The summed E-state index contributed by atoms with van der Waals surface area (Å²) in [6.45, 7) is 1.82. The first kappa shape index (κ1) is 24.3. The molecular weight excluding hydrogens is 453 g/mol. The van der Waals surface area contributed by atoms with Crippen LogP contribution in [-0.4, -0.2) is 43.5 Å². The second-order valence-corrected chi connectivity index (χ2v) is 11.2. The lowest BCUT2D eigenvalue weighted by molar-refractivity contribution is -0.137. The largest absolute Gasteiger partial charge is 0.416 e. The van der Waals surface area contributed by atoms with Gasteiger partial charge in [0.2, 0.25) is 10.0 Å². The molecule has 0 bridgehead atoms. The molecule has 3 rings (SSSR count). The molecule has 0 radical (unpaired) electrons. The monoisotopic (exact) mass is 480 g/mol. The van der Waals surface area contributed by atoms with Crippen LogP contribution in [0.4, 0.5) is 13.2 Å². The molecule has 2 aliphatic carbocycles. The first-order valence-electron chi connectivity index (χ1n) is 10.6. The van der Waals surface area contributed by atoms with Crippen LogP contribution in [0.5, 0.6) is 0 Å². The summed E-state index contributed by atoms with van der Waals surface area (Å²) >= 11 is 5.97. The van der Waals surface area contributed by atoms with Crippen LogP contribution in [0.1, 0.15) is 61.4 Å². The van der Waals surface area contributed by atoms with E-state index in [0.717, 1.165) is 37.5 Å². The minimum absolute atomic E-state index is 0.00831. The van der Waals surface area contributed by atoms with E-state index in [0.29, 0.717) is 25.2 Å². The van der Waals surface area contributed by atoms with Gasteiger partial charge in [0.25, 0.3) is 5.91 Å². The van der Waals surface area contributed by atoms with Crippen molar-refractivity contribution in [2.75, 3.05) is 12.8 Å². The summed E-state index contributed by atoms with van der Waals surface area (Å²) in [5.74, 6) is 0.259. The number of carbonyl (C=O) groups is 1. The van der Waals surface area contributed by atoms with Gasteiger partial charge in [-0.15, -0.1) is 0 Å². The van der Waals surface area contributed by atoms with E-state index in [1.807, 2.05) is 6.92 Å². The minimum Gasteiger partial charge on any atom is -0.349 e. The van der Waals surface area contributed by atoms with Crippen molar-refractivity contribution in [1.82, 2.24) is 9.62 Å². The number of nitrogens with one attached hydrogen (secondary N) is 1.